The molecule has 14 heavy (non-hydrogen) atoms. The normalized spacial score (nSPS) is 23.6. The summed E-state index contributed by atoms with van der Waals surface area (Å²) >= 11 is 0. The van der Waals surface area contributed by atoms with Crippen LogP contribution in [0, 0.1) is 0 Å². The van der Waals surface area contributed by atoms with Crippen molar-refractivity contribution < 1.29 is 23.5 Å². The first kappa shape index (κ1) is 11.2. The molecule has 1 rings (SSSR count). The molecule has 6 heteroatoms. The molecule has 0 spiro atoms. The Balaban J connectivity index is 2.56. The maximum Gasteiger partial charge on any atom is 0.441 e. The van der Waals surface area contributed by atoms with E-state index in [1.165, 1.54) is 0 Å². The van der Waals surface area contributed by atoms with Crippen LogP contribution in [-0.2, 0) is 23.5 Å². The summed E-state index contributed by atoms with van der Waals surface area (Å²) in [4.78, 5) is 26.7. The summed E-state index contributed by atoms with van der Waals surface area (Å²) < 4.78 is 9.90. The Labute approximate surface area is 83.5 Å². The lowest BCUT2D eigenvalue weighted by Gasteiger charge is -2.21. The zero-order valence-corrected chi connectivity index (χ0v) is 9.37. The molecule has 1 heterocycles. The van der Waals surface area contributed by atoms with Crippen LogP contribution in [0.15, 0.2) is 0 Å². The van der Waals surface area contributed by atoms with E-state index in [2.05, 4.69) is 4.89 Å². The standard InChI is InChI=1S/C8H14O5Si/c1-14(2)12-8(10)6-4-3-5-7(9)11-13-14/h3-6H2,1-2H3. The van der Waals surface area contributed by atoms with E-state index in [-0.39, 0.29) is 12.4 Å². The van der Waals surface area contributed by atoms with Crippen molar-refractivity contribution in [3.8, 4) is 0 Å². The van der Waals surface area contributed by atoms with Crippen molar-refractivity contribution in [1.29, 1.82) is 0 Å². The van der Waals surface area contributed by atoms with Gasteiger partial charge in [0.05, 0.1) is 0 Å². The molecule has 0 N–H and O–H groups in total. The van der Waals surface area contributed by atoms with Crippen LogP contribution in [-0.4, -0.2) is 20.5 Å². The summed E-state index contributed by atoms with van der Waals surface area (Å²) in [5, 5.41) is 0. The molecule has 0 unspecified atom stereocenters. The van der Waals surface area contributed by atoms with Crippen LogP contribution in [0.2, 0.25) is 13.1 Å². The molecule has 0 aliphatic carbocycles. The molecular weight excluding hydrogens is 204 g/mol. The van der Waals surface area contributed by atoms with Gasteiger partial charge in [0.25, 0.3) is 5.97 Å². The van der Waals surface area contributed by atoms with Gasteiger partial charge in [-0.05, 0) is 25.9 Å². The predicted octanol–water partition coefficient (Wildman–Crippen LogP) is 1.28. The van der Waals surface area contributed by atoms with Crippen LogP contribution in [0.1, 0.15) is 25.7 Å². The van der Waals surface area contributed by atoms with Gasteiger partial charge in [-0.3, -0.25) is 4.79 Å². The first-order valence-corrected chi connectivity index (χ1v) is 7.42. The Morgan fingerprint density at radius 2 is 1.64 bits per heavy atom. The Bertz CT molecular complexity index is 238. The van der Waals surface area contributed by atoms with Crippen molar-refractivity contribution in [3.63, 3.8) is 0 Å². The third-order valence-electron chi connectivity index (χ3n) is 1.71. The van der Waals surface area contributed by atoms with Crippen LogP contribution in [0.25, 0.3) is 0 Å². The van der Waals surface area contributed by atoms with Gasteiger partial charge in [0.15, 0.2) is 0 Å². The number of rotatable bonds is 0. The topological polar surface area (TPSA) is 61.8 Å². The van der Waals surface area contributed by atoms with Crippen LogP contribution < -0.4 is 0 Å². The first-order chi connectivity index (χ1) is 6.49. The van der Waals surface area contributed by atoms with E-state index in [4.69, 9.17) is 9.00 Å². The molecule has 0 amide bonds. The second-order valence-corrected chi connectivity index (χ2v) is 6.79. The zero-order valence-electron chi connectivity index (χ0n) is 8.37. The number of hydrogen-bond acceptors (Lipinski definition) is 5. The molecule has 0 bridgehead atoms. The van der Waals surface area contributed by atoms with Gasteiger partial charge in [-0.2, -0.15) is 4.58 Å². The van der Waals surface area contributed by atoms with E-state index in [0.29, 0.717) is 19.3 Å². The van der Waals surface area contributed by atoms with Crippen molar-refractivity contribution in [3.05, 3.63) is 0 Å². The lowest BCUT2D eigenvalue weighted by atomic mass is 10.2. The number of hydrogen-bond donors (Lipinski definition) is 0. The fourth-order valence-electron chi connectivity index (χ4n) is 1.07. The summed E-state index contributed by atoms with van der Waals surface area (Å²) in [5.74, 6) is -0.678. The molecule has 0 atom stereocenters. The van der Waals surface area contributed by atoms with Gasteiger partial charge in [0, 0.05) is 12.8 Å². The SMILES string of the molecule is C[Si]1(C)OOC(=O)CCCCC(=O)O1. The van der Waals surface area contributed by atoms with Gasteiger partial charge in [-0.15, -0.1) is 0 Å². The second kappa shape index (κ2) is 4.56. The molecule has 0 aromatic heterocycles. The maximum absolute atomic E-state index is 11.2. The van der Waals surface area contributed by atoms with Crippen LogP contribution in [0.3, 0.4) is 0 Å². The predicted molar refractivity (Wildman–Crippen MR) is 49.2 cm³/mol. The van der Waals surface area contributed by atoms with E-state index >= 15 is 0 Å². The van der Waals surface area contributed by atoms with Crippen molar-refractivity contribution in [2.75, 3.05) is 0 Å². The summed E-state index contributed by atoms with van der Waals surface area (Å²) in [6.45, 7) is 3.31. The fourth-order valence-corrected chi connectivity index (χ4v) is 2.05. The molecule has 0 radical (unpaired) electrons. The highest BCUT2D eigenvalue weighted by Crippen LogP contribution is 2.13. The van der Waals surface area contributed by atoms with Gasteiger partial charge >= 0.3 is 14.5 Å². The average Bonchev–Trinajstić information content (AvgIpc) is 2.08. The van der Waals surface area contributed by atoms with E-state index in [1.54, 1.807) is 13.1 Å². The van der Waals surface area contributed by atoms with Crippen molar-refractivity contribution >= 4 is 20.5 Å². The van der Waals surface area contributed by atoms with Crippen LogP contribution in [0.5, 0.6) is 0 Å². The minimum atomic E-state index is -2.63. The molecule has 80 valence electrons. The highest BCUT2D eigenvalue weighted by atomic mass is 28.4. The molecule has 0 aromatic carbocycles. The van der Waals surface area contributed by atoms with Gasteiger partial charge in [0.2, 0.25) is 0 Å². The van der Waals surface area contributed by atoms with Crippen LogP contribution >= 0.6 is 0 Å². The molecule has 1 aliphatic rings. The van der Waals surface area contributed by atoms with E-state index in [1.807, 2.05) is 0 Å². The number of carbonyl (C=O) groups excluding carboxylic acids is 2. The molecule has 1 fully saturated rings. The zero-order chi connectivity index (χ0) is 10.6. The van der Waals surface area contributed by atoms with E-state index < -0.39 is 14.5 Å². The van der Waals surface area contributed by atoms with Crippen LogP contribution in [0.4, 0.5) is 0 Å². The minimum Gasteiger partial charge on any atom is -0.492 e. The number of carbonyl (C=O) groups is 2. The monoisotopic (exact) mass is 218 g/mol. The highest BCUT2D eigenvalue weighted by molar-refractivity contribution is 6.65. The summed E-state index contributed by atoms with van der Waals surface area (Å²) in [6.07, 6.45) is 1.91. The van der Waals surface area contributed by atoms with Gasteiger partial charge < -0.3 is 9.31 Å². The molecule has 0 aromatic rings. The maximum atomic E-state index is 11.2. The second-order valence-electron chi connectivity index (χ2n) is 3.62. The molecule has 1 aliphatic heterocycles. The Morgan fingerprint density at radius 1 is 1.07 bits per heavy atom. The quantitative estimate of drug-likeness (QED) is 0.453. The Morgan fingerprint density at radius 3 is 2.29 bits per heavy atom. The molecular formula is C8H14O5Si. The largest absolute Gasteiger partial charge is 0.492 e. The average molecular weight is 218 g/mol. The summed E-state index contributed by atoms with van der Waals surface area (Å²) in [7, 11) is -2.63. The Kier molecular flexibility index (Phi) is 3.65. The van der Waals surface area contributed by atoms with Gasteiger partial charge in [-0.25, -0.2) is 4.79 Å². The van der Waals surface area contributed by atoms with E-state index in [9.17, 15) is 9.59 Å². The third-order valence-corrected chi connectivity index (χ3v) is 2.91. The van der Waals surface area contributed by atoms with Gasteiger partial charge in [0.1, 0.15) is 0 Å². The van der Waals surface area contributed by atoms with E-state index in [0.717, 1.165) is 0 Å². The lowest BCUT2D eigenvalue weighted by molar-refractivity contribution is -0.228. The van der Waals surface area contributed by atoms with Crippen molar-refractivity contribution in [2.45, 2.75) is 38.8 Å². The van der Waals surface area contributed by atoms with Gasteiger partial charge in [-0.1, -0.05) is 0 Å². The minimum absolute atomic E-state index is 0.278. The van der Waals surface area contributed by atoms with Crippen molar-refractivity contribution in [2.24, 2.45) is 0 Å². The molecule has 1 saturated heterocycles. The first-order valence-electron chi connectivity index (χ1n) is 4.60. The summed E-state index contributed by atoms with van der Waals surface area (Å²) in [5.41, 5.74) is 0. The smallest absolute Gasteiger partial charge is 0.441 e. The van der Waals surface area contributed by atoms with Crippen molar-refractivity contribution in [1.82, 2.24) is 0 Å². The fraction of sp³-hybridized carbons (Fsp3) is 0.750. The summed E-state index contributed by atoms with van der Waals surface area (Å²) in [6, 6.07) is 0. The molecule has 0 saturated carbocycles. The Hall–Kier alpha value is -0.883. The highest BCUT2D eigenvalue weighted by Gasteiger charge is 2.33. The third kappa shape index (κ3) is 3.88. The lowest BCUT2D eigenvalue weighted by Crippen LogP contribution is -2.38. The molecule has 5 nitrogen and oxygen atoms in total.